The van der Waals surface area contributed by atoms with Crippen molar-refractivity contribution in [2.75, 3.05) is 25.0 Å². The lowest BCUT2D eigenvalue weighted by Crippen LogP contribution is -2.48. The topological polar surface area (TPSA) is 90.2 Å². The number of nitrogens with zero attached hydrogens (tertiary/aromatic N) is 1. The van der Waals surface area contributed by atoms with E-state index < -0.39 is 0 Å². The minimum Gasteiger partial charge on any atom is -0.371 e. The number of ether oxygens (including phenoxy) is 1. The number of rotatable bonds is 4. The van der Waals surface area contributed by atoms with Gasteiger partial charge in [-0.1, -0.05) is 23.7 Å². The van der Waals surface area contributed by atoms with Crippen molar-refractivity contribution in [1.29, 1.82) is 0 Å². The van der Waals surface area contributed by atoms with Crippen LogP contribution >= 0.6 is 11.6 Å². The van der Waals surface area contributed by atoms with Gasteiger partial charge < -0.3 is 20.0 Å². The van der Waals surface area contributed by atoms with E-state index in [4.69, 9.17) is 16.3 Å². The minimum atomic E-state index is -0.320. The third-order valence-corrected chi connectivity index (χ3v) is 5.30. The van der Waals surface area contributed by atoms with Gasteiger partial charge in [0.15, 0.2) is 0 Å². The summed E-state index contributed by atoms with van der Waals surface area (Å²) in [5.74, 6) is -0.103. The van der Waals surface area contributed by atoms with Crippen LogP contribution in [0.4, 0.5) is 5.69 Å². The predicted octanol–water partition coefficient (Wildman–Crippen LogP) is 2.91. The molecule has 28 heavy (non-hydrogen) atoms. The number of aromatic nitrogens is 2. The molecule has 0 bridgehead atoms. The second kappa shape index (κ2) is 7.79. The summed E-state index contributed by atoms with van der Waals surface area (Å²) in [6, 6.07) is 12.6. The highest BCUT2D eigenvalue weighted by Crippen LogP contribution is 2.25. The van der Waals surface area contributed by atoms with E-state index in [1.54, 1.807) is 18.2 Å². The molecule has 7 nitrogen and oxygen atoms in total. The fourth-order valence-electron chi connectivity index (χ4n) is 3.42. The Kier molecular flexibility index (Phi) is 5.21. The van der Waals surface area contributed by atoms with Gasteiger partial charge in [-0.15, -0.1) is 0 Å². The molecule has 1 saturated heterocycles. The molecule has 1 aliphatic rings. The van der Waals surface area contributed by atoms with Crippen molar-refractivity contribution < 1.29 is 9.53 Å². The number of halogens is 1. The monoisotopic (exact) mass is 400 g/mol. The quantitative estimate of drug-likeness (QED) is 0.628. The number of aromatic amines is 2. The van der Waals surface area contributed by atoms with E-state index in [1.165, 1.54) is 0 Å². The van der Waals surface area contributed by atoms with Gasteiger partial charge in [-0.2, -0.15) is 0 Å². The fourth-order valence-corrected chi connectivity index (χ4v) is 3.55. The van der Waals surface area contributed by atoms with Crippen molar-refractivity contribution >= 4 is 34.2 Å². The van der Waals surface area contributed by atoms with Crippen LogP contribution in [-0.4, -0.2) is 46.5 Å². The molecule has 0 unspecified atom stereocenters. The number of anilines is 1. The number of morpholine rings is 1. The number of hydrogen-bond acceptors (Lipinski definition) is 4. The Balaban J connectivity index is 1.43. The molecule has 8 heteroatoms. The van der Waals surface area contributed by atoms with Gasteiger partial charge in [0.1, 0.15) is 0 Å². The number of hydrogen-bond donors (Lipinski definition) is 3. The first-order valence-electron chi connectivity index (χ1n) is 9.13. The summed E-state index contributed by atoms with van der Waals surface area (Å²) >= 11 is 5.96. The smallest absolute Gasteiger partial charge is 0.323 e. The summed E-state index contributed by atoms with van der Waals surface area (Å²) in [5, 5.41) is 3.61. The van der Waals surface area contributed by atoms with Crippen molar-refractivity contribution in [2.45, 2.75) is 19.1 Å². The number of carbonyl (C=O) groups is 1. The maximum absolute atomic E-state index is 12.8. The summed E-state index contributed by atoms with van der Waals surface area (Å²) < 4.78 is 5.88. The van der Waals surface area contributed by atoms with Crippen LogP contribution in [0.1, 0.15) is 18.6 Å². The summed E-state index contributed by atoms with van der Waals surface area (Å²) in [6.07, 6.45) is -0.0949. The van der Waals surface area contributed by atoms with Gasteiger partial charge in [-0.25, -0.2) is 4.79 Å². The molecule has 0 aliphatic carbocycles. The molecule has 2 atom stereocenters. The molecule has 4 rings (SSSR count). The highest BCUT2D eigenvalue weighted by atomic mass is 35.5. The normalized spacial score (nSPS) is 18.9. The average molecular weight is 401 g/mol. The summed E-state index contributed by atoms with van der Waals surface area (Å²) in [5.41, 5.74) is 2.78. The molecular weight excluding hydrogens is 380 g/mol. The number of H-pyrrole nitrogens is 2. The number of carbonyl (C=O) groups excluding carboxylic acids is 1. The van der Waals surface area contributed by atoms with E-state index in [2.05, 4.69) is 20.2 Å². The first-order valence-corrected chi connectivity index (χ1v) is 9.51. The molecular formula is C20H21ClN4O3. The number of benzene rings is 2. The average Bonchev–Trinajstić information content (AvgIpc) is 3.07. The van der Waals surface area contributed by atoms with E-state index in [0.29, 0.717) is 41.4 Å². The Hall–Kier alpha value is -2.61. The van der Waals surface area contributed by atoms with E-state index in [0.717, 1.165) is 5.56 Å². The van der Waals surface area contributed by atoms with E-state index in [-0.39, 0.29) is 23.7 Å². The Labute approximate surface area is 166 Å². The van der Waals surface area contributed by atoms with Crippen molar-refractivity contribution in [2.24, 2.45) is 0 Å². The molecule has 1 aromatic heterocycles. The van der Waals surface area contributed by atoms with Gasteiger partial charge in [0.2, 0.25) is 5.91 Å². The van der Waals surface area contributed by atoms with E-state index >= 15 is 0 Å². The SMILES string of the molecule is C[C@@H](C(=O)Nc1ccc2[nH]c(=O)[nH]c2c1)N1CCO[C@@H](c2ccc(Cl)cc2)C1. The largest absolute Gasteiger partial charge is 0.371 e. The maximum Gasteiger partial charge on any atom is 0.323 e. The maximum atomic E-state index is 12.8. The van der Waals surface area contributed by atoms with Crippen molar-refractivity contribution in [3.63, 3.8) is 0 Å². The zero-order valence-corrected chi connectivity index (χ0v) is 16.1. The number of imidazole rings is 1. The zero-order valence-electron chi connectivity index (χ0n) is 15.4. The summed E-state index contributed by atoms with van der Waals surface area (Å²) in [6.45, 7) is 3.75. The van der Waals surface area contributed by atoms with E-state index in [1.807, 2.05) is 31.2 Å². The number of amides is 1. The van der Waals surface area contributed by atoms with Crippen LogP contribution in [0.25, 0.3) is 11.0 Å². The highest BCUT2D eigenvalue weighted by Gasteiger charge is 2.28. The molecule has 146 valence electrons. The van der Waals surface area contributed by atoms with Crippen LogP contribution in [0.3, 0.4) is 0 Å². The third kappa shape index (κ3) is 3.96. The fraction of sp³-hybridized carbons (Fsp3) is 0.300. The van der Waals surface area contributed by atoms with Crippen molar-refractivity contribution in [3.8, 4) is 0 Å². The van der Waals surface area contributed by atoms with Gasteiger partial charge in [-0.05, 0) is 42.8 Å². The Morgan fingerprint density at radius 2 is 1.96 bits per heavy atom. The molecule has 1 fully saturated rings. The predicted molar refractivity (Wildman–Crippen MR) is 109 cm³/mol. The standard InChI is InChI=1S/C20H21ClN4O3/c1-12(19(26)22-15-6-7-16-17(10-15)24-20(27)23-16)25-8-9-28-18(11-25)13-2-4-14(21)5-3-13/h2-7,10,12,18H,8-9,11H2,1H3,(H,22,26)(H2,23,24,27)/t12-,18+/m0/s1. The molecule has 1 aliphatic heterocycles. The van der Waals surface area contributed by atoms with Crippen LogP contribution in [0.5, 0.6) is 0 Å². The molecule has 0 saturated carbocycles. The van der Waals surface area contributed by atoms with Crippen LogP contribution in [0.2, 0.25) is 5.02 Å². The lowest BCUT2D eigenvalue weighted by molar-refractivity contribution is -0.124. The molecule has 1 amide bonds. The second-order valence-electron chi connectivity index (χ2n) is 6.91. The summed E-state index contributed by atoms with van der Waals surface area (Å²) in [4.78, 5) is 31.6. The Morgan fingerprint density at radius 3 is 2.75 bits per heavy atom. The number of fused-ring (bicyclic) bond motifs is 1. The first kappa shape index (κ1) is 18.7. The van der Waals surface area contributed by atoms with Crippen LogP contribution in [0, 0.1) is 0 Å². The lowest BCUT2D eigenvalue weighted by Gasteiger charge is -2.36. The third-order valence-electron chi connectivity index (χ3n) is 5.05. The lowest BCUT2D eigenvalue weighted by atomic mass is 10.1. The van der Waals surface area contributed by atoms with Gasteiger partial charge in [0, 0.05) is 23.8 Å². The first-order chi connectivity index (χ1) is 13.5. The van der Waals surface area contributed by atoms with Crippen molar-refractivity contribution in [1.82, 2.24) is 14.9 Å². The Morgan fingerprint density at radius 1 is 1.21 bits per heavy atom. The zero-order chi connectivity index (χ0) is 19.7. The van der Waals surface area contributed by atoms with Gasteiger partial charge >= 0.3 is 5.69 Å². The molecule has 3 aromatic rings. The van der Waals surface area contributed by atoms with E-state index in [9.17, 15) is 9.59 Å². The molecule has 0 spiro atoms. The second-order valence-corrected chi connectivity index (χ2v) is 7.35. The molecule has 3 N–H and O–H groups in total. The minimum absolute atomic E-state index is 0.0949. The van der Waals surface area contributed by atoms with Crippen LogP contribution in [0.15, 0.2) is 47.3 Å². The Bertz CT molecular complexity index is 1040. The molecule has 2 aromatic carbocycles. The van der Waals surface area contributed by atoms with Crippen molar-refractivity contribution in [3.05, 3.63) is 63.5 Å². The van der Waals surface area contributed by atoms with Crippen LogP contribution < -0.4 is 11.0 Å². The van der Waals surface area contributed by atoms with Crippen LogP contribution in [-0.2, 0) is 9.53 Å². The highest BCUT2D eigenvalue weighted by molar-refractivity contribution is 6.30. The van der Waals surface area contributed by atoms with Gasteiger partial charge in [0.25, 0.3) is 0 Å². The number of nitrogens with one attached hydrogen (secondary N) is 3. The van der Waals surface area contributed by atoms with Gasteiger partial charge in [0.05, 0.1) is 29.8 Å². The molecule has 0 radical (unpaired) electrons. The molecule has 2 heterocycles. The summed E-state index contributed by atoms with van der Waals surface area (Å²) in [7, 11) is 0. The van der Waals surface area contributed by atoms with Gasteiger partial charge in [-0.3, -0.25) is 9.69 Å².